The lowest BCUT2D eigenvalue weighted by molar-refractivity contribution is 0.161. The van der Waals surface area contributed by atoms with E-state index in [9.17, 15) is 0 Å². The van der Waals surface area contributed by atoms with Crippen molar-refractivity contribution < 1.29 is 0 Å². The van der Waals surface area contributed by atoms with Crippen molar-refractivity contribution in [1.29, 1.82) is 0 Å². The van der Waals surface area contributed by atoms with Crippen LogP contribution in [-0.4, -0.2) is 40.1 Å². The smallest absolute Gasteiger partial charge is 0.122 e. The van der Waals surface area contributed by atoms with Crippen LogP contribution in [0.15, 0.2) is 25.0 Å². The Labute approximate surface area is 97.0 Å². The van der Waals surface area contributed by atoms with Gasteiger partial charge in [0, 0.05) is 44.6 Å². The van der Waals surface area contributed by atoms with Gasteiger partial charge in [0.15, 0.2) is 0 Å². The minimum absolute atomic E-state index is 0.547. The predicted molar refractivity (Wildman–Crippen MR) is 65.2 cm³/mol. The van der Waals surface area contributed by atoms with Gasteiger partial charge in [-0.3, -0.25) is 4.90 Å². The number of hydrogen-bond donors (Lipinski definition) is 1. The molecule has 0 saturated carbocycles. The third-order valence-electron chi connectivity index (χ3n) is 3.13. The largest absolute Gasteiger partial charge is 0.333 e. The van der Waals surface area contributed by atoms with Crippen molar-refractivity contribution in [1.82, 2.24) is 19.8 Å². The summed E-state index contributed by atoms with van der Waals surface area (Å²) in [5.41, 5.74) is 0. The molecule has 1 atom stereocenters. The third-order valence-corrected chi connectivity index (χ3v) is 3.13. The van der Waals surface area contributed by atoms with Gasteiger partial charge in [-0.1, -0.05) is 6.08 Å². The van der Waals surface area contributed by atoms with Gasteiger partial charge in [-0.15, -0.1) is 6.58 Å². The van der Waals surface area contributed by atoms with Crippen LogP contribution in [0.4, 0.5) is 0 Å². The quantitative estimate of drug-likeness (QED) is 0.590. The molecule has 0 aliphatic carbocycles. The summed E-state index contributed by atoms with van der Waals surface area (Å²) in [6.07, 6.45) is 5.85. The lowest BCUT2D eigenvalue weighted by atomic mass is 10.2. The maximum absolute atomic E-state index is 4.37. The molecule has 2 rings (SSSR count). The van der Waals surface area contributed by atoms with E-state index in [2.05, 4.69) is 39.5 Å². The van der Waals surface area contributed by atoms with Gasteiger partial charge in [0.2, 0.25) is 0 Å². The summed E-state index contributed by atoms with van der Waals surface area (Å²) in [4.78, 5) is 6.84. The summed E-state index contributed by atoms with van der Waals surface area (Å²) >= 11 is 0. The number of nitrogens with zero attached hydrogens (tertiary/aromatic N) is 3. The monoisotopic (exact) mass is 220 g/mol. The number of hydrogen-bond acceptors (Lipinski definition) is 3. The lowest BCUT2D eigenvalue weighted by Gasteiger charge is -2.32. The van der Waals surface area contributed by atoms with Crippen molar-refractivity contribution in [2.45, 2.75) is 26.1 Å². The highest BCUT2D eigenvalue weighted by molar-refractivity contribution is 4.96. The van der Waals surface area contributed by atoms with Gasteiger partial charge in [-0.05, 0) is 6.92 Å². The first-order chi connectivity index (χ1) is 7.81. The van der Waals surface area contributed by atoms with Crippen LogP contribution in [0.1, 0.15) is 12.7 Å². The zero-order valence-corrected chi connectivity index (χ0v) is 9.89. The summed E-state index contributed by atoms with van der Waals surface area (Å²) in [6, 6.07) is 0.547. The number of nitrogens with one attached hydrogen (secondary N) is 1. The van der Waals surface area contributed by atoms with Gasteiger partial charge in [-0.2, -0.15) is 0 Å². The topological polar surface area (TPSA) is 33.1 Å². The second-order valence-electron chi connectivity index (χ2n) is 4.30. The number of rotatable bonds is 5. The van der Waals surface area contributed by atoms with Crippen molar-refractivity contribution in [3.8, 4) is 0 Å². The average Bonchev–Trinajstić information content (AvgIpc) is 2.76. The lowest BCUT2D eigenvalue weighted by Crippen LogP contribution is -2.44. The number of aromatic nitrogens is 2. The Hall–Kier alpha value is -1.13. The summed E-state index contributed by atoms with van der Waals surface area (Å²) in [6.45, 7) is 11.0. The second-order valence-corrected chi connectivity index (χ2v) is 4.30. The Morgan fingerprint density at radius 1 is 1.62 bits per heavy atom. The van der Waals surface area contributed by atoms with E-state index in [1.165, 1.54) is 5.82 Å². The zero-order chi connectivity index (χ0) is 11.4. The molecule has 4 heteroatoms. The van der Waals surface area contributed by atoms with Crippen LogP contribution in [0.5, 0.6) is 0 Å². The molecule has 2 heterocycles. The highest BCUT2D eigenvalue weighted by atomic mass is 15.3. The molecule has 88 valence electrons. The molecule has 1 aliphatic rings. The number of fused-ring (bicyclic) bond motifs is 1. The highest BCUT2D eigenvalue weighted by Crippen LogP contribution is 2.12. The molecule has 1 aliphatic heterocycles. The first-order valence-corrected chi connectivity index (χ1v) is 5.87. The molecule has 0 aromatic carbocycles. The Morgan fingerprint density at radius 2 is 2.50 bits per heavy atom. The molecule has 16 heavy (non-hydrogen) atoms. The van der Waals surface area contributed by atoms with E-state index < -0.39 is 0 Å². The van der Waals surface area contributed by atoms with Crippen LogP contribution in [0.2, 0.25) is 0 Å². The Balaban J connectivity index is 1.85. The Morgan fingerprint density at radius 3 is 3.31 bits per heavy atom. The predicted octanol–water partition coefficient (Wildman–Crippen LogP) is 0.863. The molecule has 0 radical (unpaired) electrons. The number of imidazole rings is 1. The van der Waals surface area contributed by atoms with E-state index >= 15 is 0 Å². The molecule has 0 spiro atoms. The molecule has 0 fully saturated rings. The van der Waals surface area contributed by atoms with Gasteiger partial charge in [0.05, 0.1) is 6.54 Å². The van der Waals surface area contributed by atoms with E-state index in [1.807, 2.05) is 12.3 Å². The van der Waals surface area contributed by atoms with Crippen molar-refractivity contribution in [3.63, 3.8) is 0 Å². The van der Waals surface area contributed by atoms with Gasteiger partial charge in [0.25, 0.3) is 0 Å². The average molecular weight is 220 g/mol. The van der Waals surface area contributed by atoms with Gasteiger partial charge in [0.1, 0.15) is 5.82 Å². The van der Waals surface area contributed by atoms with Crippen LogP contribution < -0.4 is 5.32 Å². The Bertz CT molecular complexity index is 345. The molecule has 0 saturated heterocycles. The third kappa shape index (κ3) is 2.51. The molecule has 0 bridgehead atoms. The van der Waals surface area contributed by atoms with Crippen molar-refractivity contribution in [2.75, 3.05) is 19.6 Å². The minimum atomic E-state index is 0.547. The first-order valence-electron chi connectivity index (χ1n) is 5.87. The molecule has 1 aromatic rings. The van der Waals surface area contributed by atoms with Crippen LogP contribution in [0.3, 0.4) is 0 Å². The van der Waals surface area contributed by atoms with E-state index in [4.69, 9.17) is 0 Å². The molecule has 1 aromatic heterocycles. The van der Waals surface area contributed by atoms with Gasteiger partial charge in [-0.25, -0.2) is 4.98 Å². The standard InChI is InChI=1S/C12H20N4/c1-3-4-13-9-11(2)16-8-7-15-6-5-14-12(15)10-16/h3,5-6,11,13H,1,4,7-10H2,2H3. The second kappa shape index (κ2) is 5.27. The first kappa shape index (κ1) is 11.4. The minimum Gasteiger partial charge on any atom is -0.333 e. The molecule has 4 nitrogen and oxygen atoms in total. The van der Waals surface area contributed by atoms with Gasteiger partial charge >= 0.3 is 0 Å². The van der Waals surface area contributed by atoms with E-state index in [0.717, 1.165) is 32.7 Å². The zero-order valence-electron chi connectivity index (χ0n) is 9.89. The Kier molecular flexibility index (Phi) is 3.74. The maximum Gasteiger partial charge on any atom is 0.122 e. The van der Waals surface area contributed by atoms with Crippen LogP contribution in [0, 0.1) is 0 Å². The highest BCUT2D eigenvalue weighted by Gasteiger charge is 2.20. The summed E-state index contributed by atoms with van der Waals surface area (Å²) in [5, 5.41) is 3.36. The SMILES string of the molecule is C=CCNCC(C)N1CCn2ccnc2C1. The normalized spacial score (nSPS) is 18.1. The van der Waals surface area contributed by atoms with Crippen molar-refractivity contribution >= 4 is 0 Å². The fourth-order valence-corrected chi connectivity index (χ4v) is 2.09. The van der Waals surface area contributed by atoms with Crippen LogP contribution >= 0.6 is 0 Å². The molecule has 1 N–H and O–H groups in total. The van der Waals surface area contributed by atoms with E-state index in [-0.39, 0.29) is 0 Å². The maximum atomic E-state index is 4.37. The van der Waals surface area contributed by atoms with E-state index in [1.54, 1.807) is 0 Å². The van der Waals surface area contributed by atoms with Crippen LogP contribution in [-0.2, 0) is 13.1 Å². The molecular formula is C12H20N4. The van der Waals surface area contributed by atoms with E-state index in [0.29, 0.717) is 6.04 Å². The van der Waals surface area contributed by atoms with Gasteiger partial charge < -0.3 is 9.88 Å². The van der Waals surface area contributed by atoms with Crippen LogP contribution in [0.25, 0.3) is 0 Å². The summed E-state index contributed by atoms with van der Waals surface area (Å²) in [7, 11) is 0. The summed E-state index contributed by atoms with van der Waals surface area (Å²) in [5.74, 6) is 1.18. The fraction of sp³-hybridized carbons (Fsp3) is 0.583. The molecule has 0 amide bonds. The fourth-order valence-electron chi connectivity index (χ4n) is 2.09. The summed E-state index contributed by atoms with van der Waals surface area (Å²) < 4.78 is 2.24. The van der Waals surface area contributed by atoms with Crippen molar-refractivity contribution in [2.24, 2.45) is 0 Å². The molecule has 1 unspecified atom stereocenters. The molecular weight excluding hydrogens is 200 g/mol. The van der Waals surface area contributed by atoms with Crippen molar-refractivity contribution in [3.05, 3.63) is 30.9 Å².